The molecule has 3 N–H and O–H groups in total. The third-order valence-corrected chi connectivity index (χ3v) is 4.10. The number of aliphatic carboxylic acids is 1. The zero-order valence-electron chi connectivity index (χ0n) is 15.1. The van der Waals surface area contributed by atoms with E-state index in [1.54, 1.807) is 48.5 Å². The number of hydrogen-bond acceptors (Lipinski definition) is 5. The average molecular weight is 381 g/mol. The number of carboxylic acids is 1. The van der Waals surface area contributed by atoms with Gasteiger partial charge in [0.05, 0.1) is 25.3 Å². The fourth-order valence-electron chi connectivity index (χ4n) is 2.76. The molecule has 1 amide bonds. The van der Waals surface area contributed by atoms with Gasteiger partial charge in [0.15, 0.2) is 5.69 Å². The number of carbonyl (C=O) groups is 2. The Bertz CT molecular complexity index is 985. The van der Waals surface area contributed by atoms with Crippen LogP contribution in [0.3, 0.4) is 0 Å². The number of benzene rings is 2. The van der Waals surface area contributed by atoms with Crippen LogP contribution in [0.2, 0.25) is 0 Å². The fourth-order valence-corrected chi connectivity index (χ4v) is 2.76. The molecule has 144 valence electrons. The number of rotatable bonds is 7. The summed E-state index contributed by atoms with van der Waals surface area (Å²) in [6.45, 7) is 0. The lowest BCUT2D eigenvalue weighted by atomic mass is 10.0. The minimum atomic E-state index is -1.06. The summed E-state index contributed by atoms with van der Waals surface area (Å²) >= 11 is 0. The minimum absolute atomic E-state index is 0.0281. The number of para-hydroxylation sites is 1. The maximum atomic E-state index is 12.6. The van der Waals surface area contributed by atoms with Crippen LogP contribution in [0, 0.1) is 0 Å². The molecule has 1 heterocycles. The maximum Gasteiger partial charge on any atom is 0.305 e. The Balaban J connectivity index is 1.85. The van der Waals surface area contributed by atoms with Crippen LogP contribution in [0.1, 0.15) is 28.5 Å². The number of aromatic nitrogens is 2. The first-order chi connectivity index (χ1) is 13.5. The SMILES string of the molecule is COc1cccc(C(CC(=O)O)NC(=O)c2cc(O)n(-c3ccccc3)n2)c1. The highest BCUT2D eigenvalue weighted by atomic mass is 16.5. The standard InChI is InChI=1S/C20H19N3O5/c1-28-15-9-5-6-13(10-15)16(12-19(25)26)21-20(27)17-11-18(24)23(22-17)14-7-3-2-4-8-14/h2-11,16,24H,12H2,1H3,(H,21,27)(H,25,26). The zero-order chi connectivity index (χ0) is 20.1. The lowest BCUT2D eigenvalue weighted by Crippen LogP contribution is -2.30. The van der Waals surface area contributed by atoms with E-state index in [0.29, 0.717) is 17.0 Å². The van der Waals surface area contributed by atoms with Gasteiger partial charge in [-0.25, -0.2) is 4.68 Å². The summed E-state index contributed by atoms with van der Waals surface area (Å²) < 4.78 is 6.39. The summed E-state index contributed by atoms with van der Waals surface area (Å²) in [5.41, 5.74) is 1.15. The molecule has 0 spiro atoms. The predicted octanol–water partition coefficient (Wildman–Crippen LogP) is 2.53. The molecule has 8 heteroatoms. The molecule has 28 heavy (non-hydrogen) atoms. The predicted molar refractivity (Wildman–Crippen MR) is 101 cm³/mol. The van der Waals surface area contributed by atoms with Crippen molar-refractivity contribution in [3.05, 3.63) is 71.9 Å². The second-order valence-corrected chi connectivity index (χ2v) is 6.04. The van der Waals surface area contributed by atoms with Crippen molar-refractivity contribution >= 4 is 11.9 Å². The highest BCUT2D eigenvalue weighted by molar-refractivity contribution is 5.93. The van der Waals surface area contributed by atoms with Gasteiger partial charge in [0.1, 0.15) is 5.75 Å². The number of nitrogens with one attached hydrogen (secondary N) is 1. The number of aromatic hydroxyl groups is 1. The van der Waals surface area contributed by atoms with E-state index in [0.717, 1.165) is 0 Å². The van der Waals surface area contributed by atoms with Gasteiger partial charge < -0.3 is 20.3 Å². The number of amides is 1. The van der Waals surface area contributed by atoms with E-state index >= 15 is 0 Å². The largest absolute Gasteiger partial charge is 0.497 e. The van der Waals surface area contributed by atoms with Crippen molar-refractivity contribution in [3.63, 3.8) is 0 Å². The molecule has 8 nitrogen and oxygen atoms in total. The number of hydrogen-bond donors (Lipinski definition) is 3. The van der Waals surface area contributed by atoms with E-state index in [1.165, 1.54) is 17.9 Å². The molecule has 0 saturated carbocycles. The molecule has 0 bridgehead atoms. The molecular weight excluding hydrogens is 362 g/mol. The van der Waals surface area contributed by atoms with Crippen molar-refractivity contribution in [3.8, 4) is 17.3 Å². The van der Waals surface area contributed by atoms with Crippen LogP contribution in [-0.4, -0.2) is 39.0 Å². The zero-order valence-corrected chi connectivity index (χ0v) is 15.1. The van der Waals surface area contributed by atoms with Crippen LogP contribution in [-0.2, 0) is 4.79 Å². The lowest BCUT2D eigenvalue weighted by molar-refractivity contribution is -0.137. The second-order valence-electron chi connectivity index (χ2n) is 6.04. The summed E-state index contributed by atoms with van der Waals surface area (Å²) in [4.78, 5) is 23.9. The summed E-state index contributed by atoms with van der Waals surface area (Å²) in [7, 11) is 1.50. The molecule has 1 aromatic heterocycles. The number of carboxylic acid groups (broad SMARTS) is 1. The first-order valence-electron chi connectivity index (χ1n) is 8.49. The normalized spacial score (nSPS) is 11.6. The van der Waals surface area contributed by atoms with Crippen LogP contribution < -0.4 is 10.1 Å². The van der Waals surface area contributed by atoms with Crippen LogP contribution >= 0.6 is 0 Å². The Kier molecular flexibility index (Phi) is 5.59. The molecule has 0 aliphatic rings. The summed E-state index contributed by atoms with van der Waals surface area (Å²) in [6, 6.07) is 16.1. The molecule has 0 saturated heterocycles. The van der Waals surface area contributed by atoms with Crippen LogP contribution in [0.25, 0.3) is 5.69 Å². The van der Waals surface area contributed by atoms with Crippen molar-refractivity contribution < 1.29 is 24.5 Å². The summed E-state index contributed by atoms with van der Waals surface area (Å²) in [5.74, 6) is -1.31. The van der Waals surface area contributed by atoms with Gasteiger partial charge >= 0.3 is 5.97 Å². The molecule has 1 unspecified atom stereocenters. The van der Waals surface area contributed by atoms with Gasteiger partial charge in [-0.1, -0.05) is 30.3 Å². The van der Waals surface area contributed by atoms with Crippen molar-refractivity contribution in [1.29, 1.82) is 0 Å². The summed E-state index contributed by atoms with van der Waals surface area (Å²) in [5, 5.41) is 26.1. The molecule has 2 aromatic carbocycles. The Morgan fingerprint density at radius 1 is 1.14 bits per heavy atom. The highest BCUT2D eigenvalue weighted by Crippen LogP contribution is 2.23. The van der Waals surface area contributed by atoms with E-state index in [1.807, 2.05) is 6.07 Å². The van der Waals surface area contributed by atoms with Crippen molar-refractivity contribution in [1.82, 2.24) is 15.1 Å². The monoisotopic (exact) mass is 381 g/mol. The van der Waals surface area contributed by atoms with Gasteiger partial charge in [-0.15, -0.1) is 0 Å². The first kappa shape index (κ1) is 19.0. The van der Waals surface area contributed by atoms with E-state index in [9.17, 15) is 19.8 Å². The smallest absolute Gasteiger partial charge is 0.305 e. The Morgan fingerprint density at radius 3 is 2.57 bits per heavy atom. The average Bonchev–Trinajstić information content (AvgIpc) is 3.09. The number of methoxy groups -OCH3 is 1. The number of nitrogens with zero attached hydrogens (tertiary/aromatic N) is 2. The Labute approximate surface area is 161 Å². The molecule has 0 fully saturated rings. The maximum absolute atomic E-state index is 12.6. The van der Waals surface area contributed by atoms with Gasteiger partial charge in [-0.05, 0) is 29.8 Å². The topological polar surface area (TPSA) is 114 Å². The minimum Gasteiger partial charge on any atom is -0.497 e. The lowest BCUT2D eigenvalue weighted by Gasteiger charge is -2.17. The molecule has 0 aliphatic carbocycles. The molecular formula is C20H19N3O5. The number of carbonyl (C=O) groups excluding carboxylic acids is 1. The van der Waals surface area contributed by atoms with E-state index in [4.69, 9.17) is 4.74 Å². The molecule has 0 aliphatic heterocycles. The van der Waals surface area contributed by atoms with Gasteiger partial charge in [0.25, 0.3) is 5.91 Å². The van der Waals surface area contributed by atoms with Crippen molar-refractivity contribution in [2.75, 3.05) is 7.11 Å². The van der Waals surface area contributed by atoms with E-state index in [2.05, 4.69) is 10.4 Å². The molecule has 3 aromatic rings. The Hall–Kier alpha value is -3.81. The van der Waals surface area contributed by atoms with E-state index in [-0.39, 0.29) is 18.0 Å². The third-order valence-electron chi connectivity index (χ3n) is 4.10. The highest BCUT2D eigenvalue weighted by Gasteiger charge is 2.22. The van der Waals surface area contributed by atoms with Crippen molar-refractivity contribution in [2.24, 2.45) is 0 Å². The van der Waals surface area contributed by atoms with Crippen LogP contribution in [0.5, 0.6) is 11.6 Å². The van der Waals surface area contributed by atoms with Crippen LogP contribution in [0.15, 0.2) is 60.7 Å². The molecule has 1 atom stereocenters. The van der Waals surface area contributed by atoms with Gasteiger partial charge in [0.2, 0.25) is 5.88 Å². The number of ether oxygens (including phenoxy) is 1. The third kappa shape index (κ3) is 4.29. The Morgan fingerprint density at radius 2 is 1.89 bits per heavy atom. The first-order valence-corrected chi connectivity index (χ1v) is 8.49. The molecule has 0 radical (unpaired) electrons. The summed E-state index contributed by atoms with van der Waals surface area (Å²) in [6.07, 6.45) is -0.315. The van der Waals surface area contributed by atoms with Gasteiger partial charge in [0, 0.05) is 6.07 Å². The quantitative estimate of drug-likeness (QED) is 0.580. The fraction of sp³-hybridized carbons (Fsp3) is 0.150. The van der Waals surface area contributed by atoms with Gasteiger partial charge in [-0.3, -0.25) is 9.59 Å². The van der Waals surface area contributed by atoms with Gasteiger partial charge in [-0.2, -0.15) is 5.10 Å². The van der Waals surface area contributed by atoms with Crippen LogP contribution in [0.4, 0.5) is 0 Å². The van der Waals surface area contributed by atoms with E-state index < -0.39 is 17.9 Å². The molecule has 3 rings (SSSR count). The second kappa shape index (κ2) is 8.26. The van der Waals surface area contributed by atoms with Crippen molar-refractivity contribution in [2.45, 2.75) is 12.5 Å².